The average Bonchev–Trinajstić information content (AvgIpc) is 3.04. The molecule has 1 aliphatic carbocycles. The number of hydrogen-bond acceptors (Lipinski definition) is 3. The molecule has 0 bridgehead atoms. The van der Waals surface area contributed by atoms with E-state index >= 15 is 0 Å². The van der Waals surface area contributed by atoms with E-state index in [1.54, 1.807) is 31.2 Å². The summed E-state index contributed by atoms with van der Waals surface area (Å²) in [5.74, 6) is 0.262. The van der Waals surface area contributed by atoms with Crippen molar-refractivity contribution in [3.8, 4) is 11.3 Å². The van der Waals surface area contributed by atoms with E-state index in [0.717, 1.165) is 35.6 Å². The van der Waals surface area contributed by atoms with Crippen LogP contribution in [0.25, 0.3) is 11.3 Å². The van der Waals surface area contributed by atoms with Gasteiger partial charge in [0.05, 0.1) is 17.1 Å². The van der Waals surface area contributed by atoms with Crippen molar-refractivity contribution in [3.63, 3.8) is 0 Å². The lowest BCUT2D eigenvalue weighted by molar-refractivity contribution is -0.141. The molecule has 2 aromatic rings. The Bertz CT molecular complexity index is 822. The van der Waals surface area contributed by atoms with E-state index in [-0.39, 0.29) is 17.1 Å². The van der Waals surface area contributed by atoms with Crippen LogP contribution in [0.3, 0.4) is 0 Å². The van der Waals surface area contributed by atoms with Gasteiger partial charge in [0.15, 0.2) is 5.16 Å². The molecule has 0 aliphatic heterocycles. The molecule has 1 saturated carbocycles. The minimum Gasteiger partial charge on any atom is -0.352 e. The quantitative estimate of drug-likeness (QED) is 0.640. The molecule has 1 N–H and O–H groups in total. The van der Waals surface area contributed by atoms with E-state index in [4.69, 9.17) is 0 Å². The van der Waals surface area contributed by atoms with Gasteiger partial charge in [0.1, 0.15) is 6.54 Å². The van der Waals surface area contributed by atoms with Crippen molar-refractivity contribution in [2.24, 2.45) is 5.92 Å². The smallest absolute Gasteiger partial charge is 0.352 e. The van der Waals surface area contributed by atoms with Crippen LogP contribution >= 0.6 is 11.8 Å². The topological polar surface area (TPSA) is 46.9 Å². The summed E-state index contributed by atoms with van der Waals surface area (Å²) in [6.45, 7) is 2.69. The third-order valence-electron chi connectivity index (χ3n) is 5.32. The largest absolute Gasteiger partial charge is 0.406 e. The number of nitrogens with zero attached hydrogens (tertiary/aromatic N) is 2. The Hall–Kier alpha value is -1.96. The van der Waals surface area contributed by atoms with Crippen LogP contribution in [-0.4, -0.2) is 32.9 Å². The van der Waals surface area contributed by atoms with E-state index in [1.165, 1.54) is 12.6 Å². The molecule has 29 heavy (non-hydrogen) atoms. The van der Waals surface area contributed by atoms with Crippen LogP contribution in [0.1, 0.15) is 39.5 Å². The fourth-order valence-corrected chi connectivity index (χ4v) is 4.56. The highest BCUT2D eigenvalue weighted by Crippen LogP contribution is 2.32. The molecule has 0 spiro atoms. The lowest BCUT2D eigenvalue weighted by Crippen LogP contribution is -2.44. The van der Waals surface area contributed by atoms with Crippen LogP contribution in [0, 0.1) is 5.92 Å². The van der Waals surface area contributed by atoms with Gasteiger partial charge in [0.2, 0.25) is 5.91 Å². The number of nitrogens with one attached hydrogen (secondary N) is 1. The minimum absolute atomic E-state index is 0.133. The number of hydrogen-bond donors (Lipinski definition) is 1. The molecule has 1 aromatic carbocycles. The van der Waals surface area contributed by atoms with Gasteiger partial charge in [-0.05, 0) is 31.2 Å². The molecule has 3 rings (SSSR count). The maximum absolute atomic E-state index is 13.2. The molecule has 4 nitrogen and oxygen atoms in total. The van der Waals surface area contributed by atoms with Gasteiger partial charge in [0.25, 0.3) is 0 Å². The molecule has 8 heteroatoms. The third-order valence-corrected chi connectivity index (χ3v) is 6.42. The van der Waals surface area contributed by atoms with Crippen LogP contribution in [0.4, 0.5) is 13.2 Å². The van der Waals surface area contributed by atoms with Crippen molar-refractivity contribution < 1.29 is 18.0 Å². The zero-order valence-electron chi connectivity index (χ0n) is 16.6. The van der Waals surface area contributed by atoms with Crippen molar-refractivity contribution in [2.45, 2.75) is 68.7 Å². The summed E-state index contributed by atoms with van der Waals surface area (Å²) in [4.78, 5) is 16.9. The van der Waals surface area contributed by atoms with Crippen molar-refractivity contribution >= 4 is 17.7 Å². The number of alkyl halides is 3. The lowest BCUT2D eigenvalue weighted by atomic mass is 9.86. The Morgan fingerprint density at radius 2 is 1.97 bits per heavy atom. The first-order chi connectivity index (χ1) is 13.7. The van der Waals surface area contributed by atoms with Crippen molar-refractivity contribution in [1.82, 2.24) is 14.9 Å². The number of benzene rings is 1. The highest BCUT2D eigenvalue weighted by atomic mass is 32.2. The van der Waals surface area contributed by atoms with Gasteiger partial charge >= 0.3 is 6.18 Å². The molecule has 0 saturated heterocycles. The number of carbonyl (C=O) groups is 1. The first-order valence-electron chi connectivity index (χ1n) is 9.89. The van der Waals surface area contributed by atoms with Gasteiger partial charge in [-0.3, -0.25) is 4.79 Å². The second-order valence-electron chi connectivity index (χ2n) is 7.63. The minimum atomic E-state index is -4.39. The molecular formula is C21H26F3N3OS. The molecule has 158 valence electrons. The number of thioether (sulfide) groups is 1. The highest BCUT2D eigenvalue weighted by molar-refractivity contribution is 8.00. The predicted octanol–water partition coefficient (Wildman–Crippen LogP) is 5.29. The lowest BCUT2D eigenvalue weighted by Gasteiger charge is -2.30. The van der Waals surface area contributed by atoms with Gasteiger partial charge in [-0.1, -0.05) is 61.9 Å². The number of imidazole rings is 1. The summed E-state index contributed by atoms with van der Waals surface area (Å²) >= 11 is 1.06. The molecular weight excluding hydrogens is 399 g/mol. The standard InChI is InChI=1S/C21H26F3N3OS/c1-14-8-6-7-11-17(14)26-19(28)15(2)29-20-25-12-18(16-9-4-3-5-10-16)27(20)13-21(22,23)24/h3-5,9-10,12,14-15,17H,6-8,11,13H2,1-2H3,(H,26,28). The number of rotatable bonds is 6. The summed E-state index contributed by atoms with van der Waals surface area (Å²) < 4.78 is 40.8. The first-order valence-corrected chi connectivity index (χ1v) is 10.8. The fraction of sp³-hybridized carbons (Fsp3) is 0.524. The third kappa shape index (κ3) is 5.78. The Morgan fingerprint density at radius 1 is 1.28 bits per heavy atom. The summed E-state index contributed by atoms with van der Waals surface area (Å²) in [7, 11) is 0. The van der Waals surface area contributed by atoms with Crippen LogP contribution in [0.15, 0.2) is 41.7 Å². The molecule has 3 atom stereocenters. The summed E-state index contributed by atoms with van der Waals surface area (Å²) in [6.07, 6.45) is 1.36. The second-order valence-corrected chi connectivity index (χ2v) is 8.94. The van der Waals surface area contributed by atoms with Crippen molar-refractivity contribution in [2.75, 3.05) is 0 Å². The number of carbonyl (C=O) groups excluding carboxylic acids is 1. The average molecular weight is 426 g/mol. The Balaban J connectivity index is 1.77. The second kappa shape index (κ2) is 9.24. The maximum atomic E-state index is 13.2. The number of amides is 1. The van der Waals surface area contributed by atoms with Gasteiger partial charge < -0.3 is 9.88 Å². The monoisotopic (exact) mass is 425 g/mol. The van der Waals surface area contributed by atoms with Crippen LogP contribution in [0.5, 0.6) is 0 Å². The molecule has 1 aromatic heterocycles. The van der Waals surface area contributed by atoms with E-state index < -0.39 is 18.0 Å². The summed E-state index contributed by atoms with van der Waals surface area (Å²) in [6, 6.07) is 8.98. The molecule has 1 amide bonds. The van der Waals surface area contributed by atoms with E-state index in [0.29, 0.717) is 17.2 Å². The fourth-order valence-electron chi connectivity index (χ4n) is 3.67. The SMILES string of the molecule is CC(Sc1ncc(-c2ccccc2)n1CC(F)(F)F)C(=O)NC1CCCCC1C. The van der Waals surface area contributed by atoms with Crippen LogP contribution in [0.2, 0.25) is 0 Å². The summed E-state index contributed by atoms with van der Waals surface area (Å²) in [5.41, 5.74) is 1.04. The molecule has 1 aliphatic rings. The Labute approximate surface area is 173 Å². The zero-order valence-corrected chi connectivity index (χ0v) is 17.4. The van der Waals surface area contributed by atoms with E-state index in [2.05, 4.69) is 17.2 Å². The van der Waals surface area contributed by atoms with Crippen molar-refractivity contribution in [3.05, 3.63) is 36.5 Å². The molecule has 1 heterocycles. The number of aromatic nitrogens is 2. The van der Waals surface area contributed by atoms with Crippen LogP contribution < -0.4 is 5.32 Å². The normalized spacial score (nSPS) is 21.0. The van der Waals surface area contributed by atoms with Gasteiger partial charge in [-0.15, -0.1) is 0 Å². The predicted molar refractivity (Wildman–Crippen MR) is 109 cm³/mol. The van der Waals surface area contributed by atoms with Gasteiger partial charge in [-0.25, -0.2) is 4.98 Å². The summed E-state index contributed by atoms with van der Waals surface area (Å²) in [5, 5.41) is 2.73. The van der Waals surface area contributed by atoms with Crippen LogP contribution in [-0.2, 0) is 11.3 Å². The maximum Gasteiger partial charge on any atom is 0.406 e. The molecule has 3 unspecified atom stereocenters. The van der Waals surface area contributed by atoms with Gasteiger partial charge in [0, 0.05) is 6.04 Å². The molecule has 1 fully saturated rings. The van der Waals surface area contributed by atoms with Gasteiger partial charge in [-0.2, -0.15) is 13.2 Å². The Kier molecular flexibility index (Phi) is 6.93. The van der Waals surface area contributed by atoms with Crippen molar-refractivity contribution in [1.29, 1.82) is 0 Å². The molecule has 0 radical (unpaired) electrons. The first kappa shape index (κ1) is 21.7. The highest BCUT2D eigenvalue weighted by Gasteiger charge is 2.32. The zero-order chi connectivity index (χ0) is 21.0. The van der Waals surface area contributed by atoms with E-state index in [9.17, 15) is 18.0 Å². The number of halogens is 3. The Morgan fingerprint density at radius 3 is 2.62 bits per heavy atom. The van der Waals surface area contributed by atoms with E-state index in [1.807, 2.05) is 6.07 Å².